The van der Waals surface area contributed by atoms with Crippen LogP contribution in [-0.2, 0) is 16.6 Å². The van der Waals surface area contributed by atoms with Gasteiger partial charge in [0.25, 0.3) is 5.88 Å². The van der Waals surface area contributed by atoms with Crippen molar-refractivity contribution in [1.82, 2.24) is 29.4 Å². The molecule has 33 heavy (non-hydrogen) atoms. The number of hydrogen-bond donors (Lipinski definition) is 2. The summed E-state index contributed by atoms with van der Waals surface area (Å²) in [4.78, 5) is 11.1. The molecule has 1 fully saturated rings. The second-order valence-corrected chi connectivity index (χ2v) is 10.3. The summed E-state index contributed by atoms with van der Waals surface area (Å²) in [5, 5.41) is 4.46. The lowest BCUT2D eigenvalue weighted by molar-refractivity contribution is 0.212. The number of aromatic nitrogens is 4. The molecule has 1 aliphatic rings. The smallest absolute Gasteiger partial charge is 0.263 e. The van der Waals surface area contributed by atoms with Gasteiger partial charge in [0.2, 0.25) is 10.0 Å². The highest BCUT2D eigenvalue weighted by atomic mass is 32.2. The zero-order chi connectivity index (χ0) is 23.6. The van der Waals surface area contributed by atoms with Crippen LogP contribution in [0.1, 0.15) is 30.0 Å². The normalized spacial score (nSPS) is 15.6. The van der Waals surface area contributed by atoms with Crippen molar-refractivity contribution in [3.05, 3.63) is 47.9 Å². The Morgan fingerprint density at radius 2 is 2.00 bits per heavy atom. The standard InChI is InChI=1S/C22H29N7O3S/c1-15-10-16(4-5-17(15)11-26-33(3,30)31)20-13-24-21(23)22(27-20)32-19-12-25-29(14-19)18-6-8-28(2)9-7-18/h4-5,10,12-14,18,26H,6-9,11H2,1-3H3,(H2,23,24). The van der Waals surface area contributed by atoms with Crippen LogP contribution in [0.5, 0.6) is 11.6 Å². The predicted octanol–water partition coefficient (Wildman–Crippen LogP) is 2.34. The Bertz CT molecular complexity index is 1230. The zero-order valence-electron chi connectivity index (χ0n) is 19.0. The molecule has 0 radical (unpaired) electrons. The minimum atomic E-state index is -3.26. The van der Waals surface area contributed by atoms with Gasteiger partial charge in [-0.3, -0.25) is 4.68 Å². The van der Waals surface area contributed by atoms with Gasteiger partial charge in [0.05, 0.1) is 36.6 Å². The molecule has 2 aromatic heterocycles. The highest BCUT2D eigenvalue weighted by Gasteiger charge is 2.20. The van der Waals surface area contributed by atoms with E-state index in [4.69, 9.17) is 10.5 Å². The molecule has 10 nitrogen and oxygen atoms in total. The number of ether oxygens (including phenoxy) is 1. The van der Waals surface area contributed by atoms with E-state index in [1.807, 2.05) is 36.0 Å². The number of aryl methyl sites for hydroxylation is 1. The first-order chi connectivity index (χ1) is 15.7. The molecule has 0 aliphatic carbocycles. The number of hydrogen-bond acceptors (Lipinski definition) is 8. The van der Waals surface area contributed by atoms with Crippen molar-refractivity contribution in [2.24, 2.45) is 0 Å². The summed E-state index contributed by atoms with van der Waals surface area (Å²) in [6.07, 6.45) is 8.36. The quantitative estimate of drug-likeness (QED) is 0.537. The van der Waals surface area contributed by atoms with Crippen LogP contribution in [0.3, 0.4) is 0 Å². The second kappa shape index (κ2) is 9.46. The molecule has 0 bridgehead atoms. The van der Waals surface area contributed by atoms with Gasteiger partial charge in [0.15, 0.2) is 11.6 Å². The number of rotatable bonds is 7. The fourth-order valence-electron chi connectivity index (χ4n) is 3.80. The van der Waals surface area contributed by atoms with Crippen LogP contribution in [0.4, 0.5) is 5.82 Å². The van der Waals surface area contributed by atoms with E-state index in [0.717, 1.165) is 48.9 Å². The Labute approximate surface area is 193 Å². The molecule has 3 heterocycles. The SMILES string of the molecule is Cc1cc(-c2cnc(N)c(Oc3cnn(C4CCN(C)CC4)c3)n2)ccc1CNS(C)(=O)=O. The Morgan fingerprint density at radius 1 is 1.24 bits per heavy atom. The minimum Gasteiger partial charge on any atom is -0.433 e. The first kappa shape index (κ1) is 23.1. The molecule has 1 saturated heterocycles. The van der Waals surface area contributed by atoms with Gasteiger partial charge in [-0.1, -0.05) is 12.1 Å². The van der Waals surface area contributed by atoms with Crippen molar-refractivity contribution in [1.29, 1.82) is 0 Å². The number of nitrogens with one attached hydrogen (secondary N) is 1. The molecule has 176 valence electrons. The number of likely N-dealkylation sites (tertiary alicyclic amines) is 1. The van der Waals surface area contributed by atoms with Gasteiger partial charge >= 0.3 is 0 Å². The Hall–Kier alpha value is -3.02. The van der Waals surface area contributed by atoms with Gasteiger partial charge in [0, 0.05) is 12.1 Å². The molecule has 3 N–H and O–H groups in total. The molecule has 11 heteroatoms. The lowest BCUT2D eigenvalue weighted by Crippen LogP contribution is -2.31. The van der Waals surface area contributed by atoms with E-state index in [2.05, 4.69) is 31.7 Å². The van der Waals surface area contributed by atoms with Gasteiger partial charge in [-0.2, -0.15) is 5.10 Å². The number of piperidine rings is 1. The van der Waals surface area contributed by atoms with Crippen molar-refractivity contribution in [2.45, 2.75) is 32.4 Å². The highest BCUT2D eigenvalue weighted by molar-refractivity contribution is 7.88. The number of sulfonamides is 1. The predicted molar refractivity (Wildman–Crippen MR) is 126 cm³/mol. The first-order valence-electron chi connectivity index (χ1n) is 10.8. The van der Waals surface area contributed by atoms with Crippen LogP contribution >= 0.6 is 0 Å². The van der Waals surface area contributed by atoms with E-state index < -0.39 is 10.0 Å². The summed E-state index contributed by atoms with van der Waals surface area (Å²) in [6.45, 7) is 4.24. The third-order valence-electron chi connectivity index (χ3n) is 5.78. The van der Waals surface area contributed by atoms with Crippen LogP contribution in [0, 0.1) is 6.92 Å². The molecular weight excluding hydrogens is 442 g/mol. The number of nitrogens with two attached hydrogens (primary N) is 1. The molecule has 1 aromatic carbocycles. The largest absolute Gasteiger partial charge is 0.433 e. The minimum absolute atomic E-state index is 0.191. The van der Waals surface area contributed by atoms with Gasteiger partial charge in [-0.25, -0.2) is 23.1 Å². The van der Waals surface area contributed by atoms with Crippen molar-refractivity contribution in [3.8, 4) is 22.9 Å². The molecule has 0 amide bonds. The Kier molecular flexibility index (Phi) is 6.63. The summed E-state index contributed by atoms with van der Waals surface area (Å²) in [6, 6.07) is 6.02. The molecule has 1 aliphatic heterocycles. The van der Waals surface area contributed by atoms with Crippen LogP contribution < -0.4 is 15.2 Å². The Morgan fingerprint density at radius 3 is 2.70 bits per heavy atom. The van der Waals surface area contributed by atoms with E-state index >= 15 is 0 Å². The van der Waals surface area contributed by atoms with Crippen molar-refractivity contribution in [2.75, 3.05) is 32.1 Å². The molecular formula is C22H29N7O3S. The maximum absolute atomic E-state index is 11.4. The summed E-state index contributed by atoms with van der Waals surface area (Å²) in [5.41, 5.74) is 9.27. The van der Waals surface area contributed by atoms with Crippen molar-refractivity contribution >= 4 is 15.8 Å². The third-order valence-corrected chi connectivity index (χ3v) is 6.45. The van der Waals surface area contributed by atoms with Crippen LogP contribution in [0.2, 0.25) is 0 Å². The summed E-state index contributed by atoms with van der Waals surface area (Å²) in [7, 11) is -1.13. The van der Waals surface area contributed by atoms with Gasteiger partial charge in [0.1, 0.15) is 0 Å². The number of benzene rings is 1. The molecule has 0 unspecified atom stereocenters. The van der Waals surface area contributed by atoms with E-state index in [0.29, 0.717) is 17.5 Å². The first-order valence-corrected chi connectivity index (χ1v) is 12.6. The van der Waals surface area contributed by atoms with Gasteiger partial charge in [-0.05, 0) is 57.1 Å². The summed E-state index contributed by atoms with van der Waals surface area (Å²) < 4.78 is 33.1. The van der Waals surface area contributed by atoms with Gasteiger partial charge in [-0.15, -0.1) is 0 Å². The molecule has 0 atom stereocenters. The fourth-order valence-corrected chi connectivity index (χ4v) is 4.22. The highest BCUT2D eigenvalue weighted by Crippen LogP contribution is 2.29. The number of nitrogens with zero attached hydrogens (tertiary/aromatic N) is 5. The summed E-state index contributed by atoms with van der Waals surface area (Å²) in [5.74, 6) is 0.970. The maximum atomic E-state index is 11.4. The number of nitrogen functional groups attached to an aromatic ring is 1. The van der Waals surface area contributed by atoms with Crippen LogP contribution in [-0.4, -0.2) is 59.5 Å². The number of anilines is 1. The average molecular weight is 472 g/mol. The van der Waals surface area contributed by atoms with Crippen LogP contribution in [0.25, 0.3) is 11.3 Å². The lowest BCUT2D eigenvalue weighted by atomic mass is 10.0. The molecule has 0 saturated carbocycles. The van der Waals surface area contributed by atoms with E-state index in [-0.39, 0.29) is 18.2 Å². The maximum Gasteiger partial charge on any atom is 0.263 e. The van der Waals surface area contributed by atoms with Crippen LogP contribution in [0.15, 0.2) is 36.8 Å². The van der Waals surface area contributed by atoms with Gasteiger partial charge < -0.3 is 15.4 Å². The van der Waals surface area contributed by atoms with Crippen molar-refractivity contribution < 1.29 is 13.2 Å². The Balaban J connectivity index is 1.50. The van der Waals surface area contributed by atoms with E-state index in [1.54, 1.807) is 12.4 Å². The zero-order valence-corrected chi connectivity index (χ0v) is 19.8. The van der Waals surface area contributed by atoms with E-state index in [1.165, 1.54) is 0 Å². The molecule has 3 aromatic rings. The lowest BCUT2D eigenvalue weighted by Gasteiger charge is -2.28. The molecule has 4 rings (SSSR count). The topological polar surface area (TPSA) is 128 Å². The fraction of sp³-hybridized carbons (Fsp3) is 0.409. The monoisotopic (exact) mass is 471 g/mol. The average Bonchev–Trinajstić information content (AvgIpc) is 3.23. The second-order valence-electron chi connectivity index (χ2n) is 8.47. The third kappa shape index (κ3) is 5.86. The van der Waals surface area contributed by atoms with E-state index in [9.17, 15) is 8.42 Å². The summed E-state index contributed by atoms with van der Waals surface area (Å²) >= 11 is 0. The molecule has 0 spiro atoms. The van der Waals surface area contributed by atoms with Crippen molar-refractivity contribution in [3.63, 3.8) is 0 Å².